The number of nitro benzene ring substituents is 1. The Morgan fingerprint density at radius 2 is 1.77 bits per heavy atom. The van der Waals surface area contributed by atoms with Crippen LogP contribution in [0.15, 0.2) is 78.9 Å². The fraction of sp³-hybridized carbons (Fsp3) is 0.107. The highest BCUT2D eigenvalue weighted by Gasteiger charge is 2.29. The fourth-order valence-corrected chi connectivity index (χ4v) is 5.13. The normalized spacial score (nSPS) is 11.8. The molecule has 0 aliphatic carbocycles. The molecule has 1 unspecified atom stereocenters. The Hall–Kier alpha value is -4.90. The smallest absolute Gasteiger partial charge is 0.349 e. The number of nitrogens with zero attached hydrogens (tertiary/aromatic N) is 3. The number of carbonyl (C=O) groups excluding carboxylic acids is 2. The van der Waals surface area contributed by atoms with E-state index in [0.29, 0.717) is 32.7 Å². The van der Waals surface area contributed by atoms with Crippen LogP contribution in [0.3, 0.4) is 0 Å². The van der Waals surface area contributed by atoms with Gasteiger partial charge < -0.3 is 10.1 Å². The van der Waals surface area contributed by atoms with Gasteiger partial charge in [-0.2, -0.15) is 5.10 Å². The van der Waals surface area contributed by atoms with Gasteiger partial charge in [-0.1, -0.05) is 36.4 Å². The second kappa shape index (κ2) is 10.5. The number of benzene rings is 3. The number of hydrogen-bond donors (Lipinski definition) is 1. The highest BCUT2D eigenvalue weighted by molar-refractivity contribution is 7.20. The molecule has 0 saturated heterocycles. The maximum Gasteiger partial charge on any atom is 0.349 e. The molecule has 0 radical (unpaired) electrons. The second-order valence-electron chi connectivity index (χ2n) is 8.77. The number of aromatic nitrogens is 2. The number of fused-ring (bicyclic) bond motifs is 1. The minimum atomic E-state index is -1.38. The maximum atomic E-state index is 13.4. The Balaban J connectivity index is 1.46. The first-order valence-corrected chi connectivity index (χ1v) is 12.6. The summed E-state index contributed by atoms with van der Waals surface area (Å²) in [7, 11) is 0. The van der Waals surface area contributed by atoms with Crippen LogP contribution in [0.1, 0.15) is 32.6 Å². The molecule has 1 N–H and O–H groups in total. The lowest BCUT2D eigenvalue weighted by Gasteiger charge is -2.18. The third-order valence-electron chi connectivity index (χ3n) is 5.99. The summed E-state index contributed by atoms with van der Waals surface area (Å²) in [5.41, 5.74) is 2.06. The van der Waals surface area contributed by atoms with Gasteiger partial charge >= 0.3 is 5.97 Å². The van der Waals surface area contributed by atoms with Gasteiger partial charge in [0.15, 0.2) is 0 Å². The second-order valence-corrected chi connectivity index (χ2v) is 9.80. The van der Waals surface area contributed by atoms with Crippen LogP contribution in [0.4, 0.5) is 15.8 Å². The first kappa shape index (κ1) is 25.7. The number of carbonyl (C=O) groups is 2. The largest absolute Gasteiger partial charge is 0.443 e. The van der Waals surface area contributed by atoms with Crippen molar-refractivity contribution in [3.8, 4) is 5.69 Å². The van der Waals surface area contributed by atoms with E-state index in [1.165, 1.54) is 24.3 Å². The molecule has 0 saturated carbocycles. The lowest BCUT2D eigenvalue weighted by molar-refractivity contribution is -0.384. The summed E-state index contributed by atoms with van der Waals surface area (Å²) in [5.74, 6) is -1.87. The quantitative estimate of drug-likeness (QED) is 0.146. The highest BCUT2D eigenvalue weighted by atomic mass is 32.1. The zero-order valence-electron chi connectivity index (χ0n) is 20.8. The monoisotopic (exact) mass is 544 g/mol. The maximum absolute atomic E-state index is 13.4. The first-order valence-electron chi connectivity index (χ1n) is 11.8. The summed E-state index contributed by atoms with van der Waals surface area (Å²) in [6.07, 6.45) is -1.38. The number of halogens is 1. The standard InChI is InChI=1S/C28H21FN4O5S/c1-16-8-13-22(23(14-16)33(36)37)30-26(34)25(18-6-4-3-5-7-18)38-28(35)24-15-21-17(2)31-32(27(21)39-24)20-11-9-19(29)10-12-20/h3-15,25H,1-2H3,(H,30,34). The Bertz CT molecular complexity index is 1710. The molecule has 196 valence electrons. The van der Waals surface area contributed by atoms with E-state index in [0.717, 1.165) is 11.3 Å². The van der Waals surface area contributed by atoms with E-state index in [-0.39, 0.29) is 22.1 Å². The number of amides is 1. The Kier molecular flexibility index (Phi) is 6.90. The molecule has 0 aliphatic heterocycles. The number of esters is 1. The van der Waals surface area contributed by atoms with Crippen LogP contribution in [-0.2, 0) is 9.53 Å². The molecular formula is C28H21FN4O5S. The summed E-state index contributed by atoms with van der Waals surface area (Å²) >= 11 is 1.12. The van der Waals surface area contributed by atoms with E-state index in [1.54, 1.807) is 73.1 Å². The van der Waals surface area contributed by atoms with E-state index >= 15 is 0 Å². The van der Waals surface area contributed by atoms with E-state index in [4.69, 9.17) is 4.74 Å². The van der Waals surface area contributed by atoms with Crippen LogP contribution in [-0.4, -0.2) is 26.6 Å². The van der Waals surface area contributed by atoms with Crippen molar-refractivity contribution in [3.05, 3.63) is 116 Å². The van der Waals surface area contributed by atoms with Crippen LogP contribution in [0.2, 0.25) is 0 Å². The Labute approximate surface area is 225 Å². The topological polar surface area (TPSA) is 116 Å². The first-order chi connectivity index (χ1) is 18.7. The summed E-state index contributed by atoms with van der Waals surface area (Å²) in [6, 6.07) is 20.3. The molecule has 39 heavy (non-hydrogen) atoms. The van der Waals surface area contributed by atoms with Gasteiger partial charge in [-0.15, -0.1) is 11.3 Å². The molecule has 2 aromatic heterocycles. The molecule has 3 aromatic carbocycles. The van der Waals surface area contributed by atoms with Crippen molar-refractivity contribution in [2.45, 2.75) is 20.0 Å². The van der Waals surface area contributed by atoms with Crippen molar-refractivity contribution in [1.29, 1.82) is 0 Å². The van der Waals surface area contributed by atoms with Gasteiger partial charge in [-0.05, 0) is 55.8 Å². The van der Waals surface area contributed by atoms with E-state index in [2.05, 4.69) is 10.4 Å². The van der Waals surface area contributed by atoms with Gasteiger partial charge in [-0.3, -0.25) is 14.9 Å². The fourth-order valence-electron chi connectivity index (χ4n) is 4.07. The zero-order chi connectivity index (χ0) is 27.7. The Morgan fingerprint density at radius 3 is 2.46 bits per heavy atom. The summed E-state index contributed by atoms with van der Waals surface area (Å²) < 4.78 is 20.7. The van der Waals surface area contributed by atoms with Crippen molar-refractivity contribution < 1.29 is 23.6 Å². The number of rotatable bonds is 7. The zero-order valence-corrected chi connectivity index (χ0v) is 21.6. The SMILES string of the molecule is Cc1ccc(NC(=O)C(OC(=O)c2cc3c(C)nn(-c4ccc(F)cc4)c3s2)c2ccccc2)c([N+](=O)[O-])c1. The van der Waals surface area contributed by atoms with Crippen molar-refractivity contribution >= 4 is 44.8 Å². The van der Waals surface area contributed by atoms with Gasteiger partial charge in [0.05, 0.1) is 16.3 Å². The van der Waals surface area contributed by atoms with E-state index in [9.17, 15) is 24.1 Å². The molecule has 1 amide bonds. The number of aryl methyl sites for hydroxylation is 2. The molecule has 9 nitrogen and oxygen atoms in total. The lowest BCUT2D eigenvalue weighted by Crippen LogP contribution is -2.26. The van der Waals surface area contributed by atoms with Crippen molar-refractivity contribution in [1.82, 2.24) is 9.78 Å². The highest BCUT2D eigenvalue weighted by Crippen LogP contribution is 2.33. The minimum absolute atomic E-state index is 0.00976. The summed E-state index contributed by atoms with van der Waals surface area (Å²) in [5, 5.41) is 19.3. The lowest BCUT2D eigenvalue weighted by atomic mass is 10.1. The number of ether oxygens (including phenoxy) is 1. The minimum Gasteiger partial charge on any atom is -0.443 e. The van der Waals surface area contributed by atoms with Crippen LogP contribution < -0.4 is 5.32 Å². The van der Waals surface area contributed by atoms with E-state index < -0.39 is 22.9 Å². The molecule has 0 aliphatic rings. The molecule has 0 spiro atoms. The number of thiophene rings is 1. The summed E-state index contributed by atoms with van der Waals surface area (Å²) in [6.45, 7) is 3.49. The average Bonchev–Trinajstić information content (AvgIpc) is 3.49. The predicted molar refractivity (Wildman–Crippen MR) is 145 cm³/mol. The Morgan fingerprint density at radius 1 is 1.05 bits per heavy atom. The van der Waals surface area contributed by atoms with E-state index in [1.807, 2.05) is 0 Å². The van der Waals surface area contributed by atoms with Crippen LogP contribution in [0.5, 0.6) is 0 Å². The molecular weight excluding hydrogens is 523 g/mol. The third-order valence-corrected chi connectivity index (χ3v) is 7.08. The van der Waals surface area contributed by atoms with Crippen molar-refractivity contribution in [2.24, 2.45) is 0 Å². The molecule has 2 heterocycles. The number of nitro groups is 1. The average molecular weight is 545 g/mol. The van der Waals surface area contributed by atoms with Gasteiger partial charge in [0, 0.05) is 17.0 Å². The number of anilines is 1. The van der Waals surface area contributed by atoms with Crippen molar-refractivity contribution in [2.75, 3.05) is 5.32 Å². The van der Waals surface area contributed by atoms with Gasteiger partial charge in [0.1, 0.15) is 21.2 Å². The van der Waals surface area contributed by atoms with Crippen molar-refractivity contribution in [3.63, 3.8) is 0 Å². The predicted octanol–water partition coefficient (Wildman–Crippen LogP) is 6.29. The number of nitrogens with one attached hydrogen (secondary N) is 1. The molecule has 11 heteroatoms. The summed E-state index contributed by atoms with van der Waals surface area (Å²) in [4.78, 5) is 38.5. The van der Waals surface area contributed by atoms with Crippen LogP contribution in [0, 0.1) is 29.8 Å². The molecule has 0 bridgehead atoms. The van der Waals surface area contributed by atoms with Crippen LogP contribution in [0.25, 0.3) is 15.9 Å². The van der Waals surface area contributed by atoms with Gasteiger partial charge in [0.2, 0.25) is 6.10 Å². The van der Waals surface area contributed by atoms with Gasteiger partial charge in [0.25, 0.3) is 11.6 Å². The molecule has 5 aromatic rings. The van der Waals surface area contributed by atoms with Gasteiger partial charge in [-0.25, -0.2) is 13.9 Å². The third kappa shape index (κ3) is 5.25. The molecule has 1 atom stereocenters. The number of hydrogen-bond acceptors (Lipinski definition) is 7. The molecule has 0 fully saturated rings. The molecule has 5 rings (SSSR count). The van der Waals surface area contributed by atoms with Crippen LogP contribution >= 0.6 is 11.3 Å².